The normalized spacial score (nSPS) is 48.7. The van der Waals surface area contributed by atoms with E-state index in [0.29, 0.717) is 11.3 Å². The smallest absolute Gasteiger partial charge is 0.330 e. The highest BCUT2D eigenvalue weighted by Crippen LogP contribution is 2.74. The Labute approximate surface area is 123 Å². The number of ether oxygens (including phenoxy) is 1. The van der Waals surface area contributed by atoms with Gasteiger partial charge in [-0.3, -0.25) is 0 Å². The minimum absolute atomic E-state index is 0.215. The molecule has 20 heavy (non-hydrogen) atoms. The first-order chi connectivity index (χ1) is 9.27. The first-order valence-corrected chi connectivity index (χ1v) is 8.12. The lowest BCUT2D eigenvalue weighted by Gasteiger charge is -2.46. The van der Waals surface area contributed by atoms with Gasteiger partial charge in [0.05, 0.1) is 0 Å². The van der Waals surface area contributed by atoms with Gasteiger partial charge in [0, 0.05) is 11.5 Å². The van der Waals surface area contributed by atoms with Crippen LogP contribution in [0.3, 0.4) is 0 Å². The predicted octanol–water partition coefficient (Wildman–Crippen LogP) is 4.35. The van der Waals surface area contributed by atoms with Gasteiger partial charge in [0.15, 0.2) is 0 Å². The summed E-state index contributed by atoms with van der Waals surface area (Å²) in [6.45, 7) is 13.1. The summed E-state index contributed by atoms with van der Waals surface area (Å²) in [4.78, 5) is 11.8. The fourth-order valence-corrected chi connectivity index (χ4v) is 6.25. The number of esters is 1. The van der Waals surface area contributed by atoms with Crippen LogP contribution < -0.4 is 0 Å². The van der Waals surface area contributed by atoms with Gasteiger partial charge in [0.25, 0.3) is 0 Å². The molecule has 1 spiro atoms. The van der Waals surface area contributed by atoms with Crippen LogP contribution in [0, 0.1) is 28.6 Å². The molecule has 0 aromatic carbocycles. The van der Waals surface area contributed by atoms with Crippen molar-refractivity contribution in [1.82, 2.24) is 0 Å². The Bertz CT molecular complexity index is 452. The van der Waals surface area contributed by atoms with Crippen molar-refractivity contribution in [3.8, 4) is 0 Å². The summed E-state index contributed by atoms with van der Waals surface area (Å²) in [6, 6.07) is 0. The molecule has 0 aliphatic heterocycles. The summed E-state index contributed by atoms with van der Waals surface area (Å²) in [5.74, 6) is 2.04. The molecule has 3 fully saturated rings. The molecule has 3 saturated carbocycles. The average Bonchev–Trinajstić information content (AvgIpc) is 2.76. The van der Waals surface area contributed by atoms with Crippen molar-refractivity contribution >= 4 is 5.97 Å². The molecule has 2 heteroatoms. The lowest BCUT2D eigenvalue weighted by atomic mass is 9.63. The SMILES string of the molecule is C=CC(=O)O[C@]1(C)CC[C@H]2C(C)(C)[C@@H]3C[C@@]21CC[C@H]3C. The second-order valence-corrected chi connectivity index (χ2v) is 8.25. The number of carbonyl (C=O) groups excluding carboxylic acids is 1. The zero-order valence-corrected chi connectivity index (χ0v) is 13.4. The van der Waals surface area contributed by atoms with Gasteiger partial charge in [0.2, 0.25) is 0 Å². The third kappa shape index (κ3) is 1.54. The lowest BCUT2D eigenvalue weighted by molar-refractivity contribution is -0.168. The number of rotatable bonds is 2. The Kier molecular flexibility index (Phi) is 2.91. The standard InChI is InChI=1S/C18H28O2/c1-6-15(19)20-17(5)9-8-14-16(3,4)13-11-18(14,17)10-7-12(13)2/h6,12-14H,1,7-11H2,2-5H3/t12-,13-,14+,17-,18+/m1/s1. The van der Waals surface area contributed by atoms with Crippen molar-refractivity contribution in [2.75, 3.05) is 0 Å². The molecule has 112 valence electrons. The predicted molar refractivity (Wildman–Crippen MR) is 80.1 cm³/mol. The van der Waals surface area contributed by atoms with Crippen molar-refractivity contribution in [1.29, 1.82) is 0 Å². The zero-order valence-electron chi connectivity index (χ0n) is 13.4. The summed E-state index contributed by atoms with van der Waals surface area (Å²) in [5, 5.41) is 0. The van der Waals surface area contributed by atoms with Crippen molar-refractivity contribution in [2.45, 2.75) is 65.4 Å². The minimum atomic E-state index is -0.283. The highest BCUT2D eigenvalue weighted by Gasteiger charge is 2.71. The van der Waals surface area contributed by atoms with Crippen LogP contribution in [0.4, 0.5) is 0 Å². The van der Waals surface area contributed by atoms with E-state index in [-0.39, 0.29) is 17.0 Å². The van der Waals surface area contributed by atoms with E-state index in [1.165, 1.54) is 31.8 Å². The largest absolute Gasteiger partial charge is 0.456 e. The quantitative estimate of drug-likeness (QED) is 0.554. The number of fused-ring (bicyclic) bond motifs is 1. The number of hydrogen-bond donors (Lipinski definition) is 0. The van der Waals surface area contributed by atoms with Crippen molar-refractivity contribution in [3.63, 3.8) is 0 Å². The van der Waals surface area contributed by atoms with Crippen LogP contribution in [0.15, 0.2) is 12.7 Å². The summed E-state index contributed by atoms with van der Waals surface area (Å²) in [6.07, 6.45) is 7.29. The second kappa shape index (κ2) is 4.11. The summed E-state index contributed by atoms with van der Waals surface area (Å²) in [5.41, 5.74) is 0.315. The molecule has 5 atom stereocenters. The van der Waals surface area contributed by atoms with E-state index >= 15 is 0 Å². The number of hydrogen-bond acceptors (Lipinski definition) is 2. The Morgan fingerprint density at radius 1 is 1.25 bits per heavy atom. The van der Waals surface area contributed by atoms with E-state index < -0.39 is 0 Å². The molecule has 0 aromatic rings. The van der Waals surface area contributed by atoms with Gasteiger partial charge in [-0.2, -0.15) is 0 Å². The Balaban J connectivity index is 2.00. The van der Waals surface area contributed by atoms with Crippen molar-refractivity contribution in [2.24, 2.45) is 28.6 Å². The van der Waals surface area contributed by atoms with Gasteiger partial charge in [-0.25, -0.2) is 4.79 Å². The highest BCUT2D eigenvalue weighted by molar-refractivity contribution is 5.81. The van der Waals surface area contributed by atoms with Crippen LogP contribution in [0.25, 0.3) is 0 Å². The fraction of sp³-hybridized carbons (Fsp3) is 0.833. The van der Waals surface area contributed by atoms with Crippen LogP contribution in [-0.2, 0) is 9.53 Å². The van der Waals surface area contributed by atoms with Crippen molar-refractivity contribution < 1.29 is 9.53 Å². The second-order valence-electron chi connectivity index (χ2n) is 8.25. The van der Waals surface area contributed by atoms with E-state index in [1.807, 2.05) is 0 Å². The average molecular weight is 276 g/mol. The maximum Gasteiger partial charge on any atom is 0.330 e. The van der Waals surface area contributed by atoms with Crippen LogP contribution >= 0.6 is 0 Å². The van der Waals surface area contributed by atoms with Crippen molar-refractivity contribution in [3.05, 3.63) is 12.7 Å². The molecular formula is C18H28O2. The van der Waals surface area contributed by atoms with Gasteiger partial charge in [-0.15, -0.1) is 0 Å². The first-order valence-electron chi connectivity index (χ1n) is 8.12. The van der Waals surface area contributed by atoms with Gasteiger partial charge < -0.3 is 4.74 Å². The van der Waals surface area contributed by atoms with E-state index in [1.54, 1.807) is 0 Å². The van der Waals surface area contributed by atoms with E-state index in [4.69, 9.17) is 4.74 Å². The first kappa shape index (κ1) is 14.2. The fourth-order valence-electron chi connectivity index (χ4n) is 6.25. The number of carbonyl (C=O) groups is 1. The molecule has 3 aliphatic rings. The van der Waals surface area contributed by atoms with Crippen LogP contribution in [-0.4, -0.2) is 11.6 Å². The van der Waals surface area contributed by atoms with Gasteiger partial charge in [-0.1, -0.05) is 27.4 Å². The topological polar surface area (TPSA) is 26.3 Å². The maximum atomic E-state index is 11.8. The Hall–Kier alpha value is -0.790. The molecule has 0 radical (unpaired) electrons. The Morgan fingerprint density at radius 3 is 2.60 bits per heavy atom. The van der Waals surface area contributed by atoms with Gasteiger partial charge in [-0.05, 0) is 62.2 Å². The lowest BCUT2D eigenvalue weighted by Crippen LogP contribution is -2.48. The molecule has 3 aliphatic carbocycles. The maximum absolute atomic E-state index is 11.8. The zero-order chi connectivity index (χ0) is 14.8. The molecule has 0 saturated heterocycles. The minimum Gasteiger partial charge on any atom is -0.456 e. The monoisotopic (exact) mass is 276 g/mol. The molecule has 0 aromatic heterocycles. The summed E-state index contributed by atoms with van der Waals surface area (Å²) < 4.78 is 5.91. The van der Waals surface area contributed by atoms with Gasteiger partial charge >= 0.3 is 5.97 Å². The molecule has 0 amide bonds. The van der Waals surface area contributed by atoms with E-state index in [9.17, 15) is 4.79 Å². The van der Waals surface area contributed by atoms with Crippen LogP contribution in [0.1, 0.15) is 59.8 Å². The molecule has 2 nitrogen and oxygen atoms in total. The Morgan fingerprint density at radius 2 is 1.95 bits per heavy atom. The molecule has 3 rings (SSSR count). The third-order valence-corrected chi connectivity index (χ3v) is 7.29. The van der Waals surface area contributed by atoms with E-state index in [2.05, 4.69) is 34.3 Å². The molecular weight excluding hydrogens is 248 g/mol. The van der Waals surface area contributed by atoms with Crippen LogP contribution in [0.2, 0.25) is 0 Å². The highest BCUT2D eigenvalue weighted by atomic mass is 16.6. The molecule has 0 heterocycles. The van der Waals surface area contributed by atoms with Crippen LogP contribution in [0.5, 0.6) is 0 Å². The summed E-state index contributed by atoms with van der Waals surface area (Å²) in [7, 11) is 0. The summed E-state index contributed by atoms with van der Waals surface area (Å²) >= 11 is 0. The molecule has 0 unspecified atom stereocenters. The van der Waals surface area contributed by atoms with E-state index in [0.717, 1.165) is 18.3 Å². The molecule has 2 bridgehead atoms. The third-order valence-electron chi connectivity index (χ3n) is 7.29. The van der Waals surface area contributed by atoms with Gasteiger partial charge in [0.1, 0.15) is 5.60 Å². The molecule has 0 N–H and O–H groups in total.